The number of sulfonamides is 1. The maximum absolute atomic E-state index is 12.1. The lowest BCUT2D eigenvalue weighted by Crippen LogP contribution is -2.13. The summed E-state index contributed by atoms with van der Waals surface area (Å²) in [6.45, 7) is -0.140. The number of aliphatic hydroxyl groups is 1. The van der Waals surface area contributed by atoms with Crippen molar-refractivity contribution < 1.29 is 13.5 Å². The highest BCUT2D eigenvalue weighted by Crippen LogP contribution is 2.26. The topological polar surface area (TPSA) is 79.3 Å². The summed E-state index contributed by atoms with van der Waals surface area (Å²) in [4.78, 5) is 3.97. The Labute approximate surface area is 117 Å². The molecule has 0 saturated carbocycles. The third-order valence-electron chi connectivity index (χ3n) is 2.12. The van der Waals surface area contributed by atoms with Crippen molar-refractivity contribution in [2.75, 3.05) is 4.72 Å². The molecule has 0 aliphatic carbocycles. The second-order valence-corrected chi connectivity index (χ2v) is 6.77. The largest absolute Gasteiger partial charge is 0.392 e. The summed E-state index contributed by atoms with van der Waals surface area (Å²) in [6, 6.07) is 4.56. The molecule has 5 nitrogen and oxygen atoms in total. The summed E-state index contributed by atoms with van der Waals surface area (Å²) in [5.74, 6) is 0. The molecule has 0 spiro atoms. The first-order valence-electron chi connectivity index (χ1n) is 4.84. The van der Waals surface area contributed by atoms with Gasteiger partial charge in [0.25, 0.3) is 10.0 Å². The molecule has 18 heavy (non-hydrogen) atoms. The monoisotopic (exact) mass is 348 g/mol. The van der Waals surface area contributed by atoms with Crippen molar-refractivity contribution >= 4 is 42.4 Å². The molecule has 1 aromatic heterocycles. The average molecular weight is 349 g/mol. The third kappa shape index (κ3) is 2.89. The van der Waals surface area contributed by atoms with Gasteiger partial charge in [-0.3, -0.25) is 4.72 Å². The van der Waals surface area contributed by atoms with Crippen molar-refractivity contribution in [1.29, 1.82) is 0 Å². The zero-order valence-corrected chi connectivity index (χ0v) is 12.2. The Hall–Kier alpha value is -0.960. The molecule has 1 heterocycles. The van der Waals surface area contributed by atoms with Crippen molar-refractivity contribution in [2.45, 2.75) is 11.5 Å². The summed E-state index contributed by atoms with van der Waals surface area (Å²) in [7, 11) is -3.67. The van der Waals surface area contributed by atoms with Crippen LogP contribution >= 0.6 is 27.3 Å². The number of anilines is 1. The molecule has 0 aliphatic rings. The fourth-order valence-corrected chi connectivity index (χ4v) is 4.22. The molecule has 1 aromatic carbocycles. The van der Waals surface area contributed by atoms with Gasteiger partial charge < -0.3 is 5.11 Å². The highest BCUT2D eigenvalue weighted by Gasteiger charge is 2.18. The van der Waals surface area contributed by atoms with E-state index in [0.717, 1.165) is 0 Å². The van der Waals surface area contributed by atoms with Gasteiger partial charge in [0.2, 0.25) is 0 Å². The van der Waals surface area contributed by atoms with Crippen LogP contribution < -0.4 is 4.72 Å². The normalized spacial score (nSPS) is 11.4. The zero-order chi connectivity index (χ0) is 13.2. The van der Waals surface area contributed by atoms with E-state index in [9.17, 15) is 8.42 Å². The molecule has 0 fully saturated rings. The predicted octanol–water partition coefficient (Wildman–Crippen LogP) is 2.20. The van der Waals surface area contributed by atoms with E-state index in [0.29, 0.717) is 15.2 Å². The van der Waals surface area contributed by atoms with Crippen molar-refractivity contribution in [3.63, 3.8) is 0 Å². The molecule has 2 aromatic rings. The van der Waals surface area contributed by atoms with Gasteiger partial charge in [-0.2, -0.15) is 0 Å². The Kier molecular flexibility index (Phi) is 4.00. The number of nitrogens with zero attached hydrogens (tertiary/aromatic N) is 1. The van der Waals surface area contributed by atoms with Crippen LogP contribution in [0, 0.1) is 0 Å². The number of hydrogen-bond acceptors (Lipinski definition) is 5. The van der Waals surface area contributed by atoms with Crippen molar-refractivity contribution in [2.24, 2.45) is 0 Å². The van der Waals surface area contributed by atoms with Gasteiger partial charge in [-0.05, 0) is 33.6 Å². The first kappa shape index (κ1) is 13.5. The lowest BCUT2D eigenvalue weighted by atomic mass is 10.2. The number of rotatable bonds is 4. The number of halogens is 1. The molecule has 0 aliphatic heterocycles. The van der Waals surface area contributed by atoms with Crippen LogP contribution in [0.5, 0.6) is 0 Å². The van der Waals surface area contributed by atoms with Crippen molar-refractivity contribution in [3.05, 3.63) is 39.8 Å². The van der Waals surface area contributed by atoms with Gasteiger partial charge >= 0.3 is 0 Å². The average Bonchev–Trinajstić information content (AvgIpc) is 2.80. The van der Waals surface area contributed by atoms with Crippen molar-refractivity contribution in [1.82, 2.24) is 4.98 Å². The second kappa shape index (κ2) is 5.35. The summed E-state index contributed by atoms with van der Waals surface area (Å²) in [5.41, 5.74) is 0.634. The smallest absolute Gasteiger partial charge is 0.264 e. The van der Waals surface area contributed by atoms with E-state index in [2.05, 4.69) is 25.6 Å². The van der Waals surface area contributed by atoms with Gasteiger partial charge in [-0.1, -0.05) is 6.07 Å². The summed E-state index contributed by atoms with van der Waals surface area (Å²) in [6.07, 6.45) is 1.52. The van der Waals surface area contributed by atoms with Crippen molar-refractivity contribution in [3.8, 4) is 0 Å². The van der Waals surface area contributed by atoms with Gasteiger partial charge in [0, 0.05) is 16.0 Å². The van der Waals surface area contributed by atoms with Crippen LogP contribution in [0.15, 0.2) is 39.1 Å². The molecular weight excluding hydrogens is 340 g/mol. The first-order valence-corrected chi connectivity index (χ1v) is 8.00. The van der Waals surface area contributed by atoms with E-state index < -0.39 is 10.0 Å². The number of aliphatic hydroxyl groups excluding tert-OH is 1. The molecule has 8 heteroatoms. The highest BCUT2D eigenvalue weighted by atomic mass is 79.9. The van der Waals surface area contributed by atoms with E-state index in [4.69, 9.17) is 5.11 Å². The summed E-state index contributed by atoms with van der Waals surface area (Å²) in [5, 5.41) is 11.0. The first-order chi connectivity index (χ1) is 8.53. The van der Waals surface area contributed by atoms with E-state index >= 15 is 0 Å². The minimum Gasteiger partial charge on any atom is -0.392 e. The number of hydrogen-bond donors (Lipinski definition) is 2. The Morgan fingerprint density at radius 2 is 2.22 bits per heavy atom. The van der Waals surface area contributed by atoms with Gasteiger partial charge in [0.05, 0.1) is 6.61 Å². The fraction of sp³-hybridized carbons (Fsp3) is 0.100. The number of aromatic nitrogens is 1. The second-order valence-electron chi connectivity index (χ2n) is 3.37. The van der Waals surface area contributed by atoms with Crippen LogP contribution in [-0.4, -0.2) is 18.5 Å². The Balaban J connectivity index is 2.35. The van der Waals surface area contributed by atoms with Gasteiger partial charge in [-0.15, -0.1) is 11.3 Å². The molecular formula is C10H9BrN2O3S2. The molecule has 0 unspecified atom stereocenters. The maximum Gasteiger partial charge on any atom is 0.264 e. The Morgan fingerprint density at radius 3 is 2.78 bits per heavy atom. The van der Waals surface area contributed by atoms with Crippen LogP contribution in [0.25, 0.3) is 0 Å². The summed E-state index contributed by atoms with van der Waals surface area (Å²) < 4.78 is 26.9. The molecule has 96 valence electrons. The molecule has 0 radical (unpaired) electrons. The van der Waals surface area contributed by atoms with Crippen LogP contribution in [0.3, 0.4) is 0 Å². The van der Waals surface area contributed by atoms with E-state index in [1.807, 2.05) is 0 Å². The van der Waals surface area contributed by atoms with E-state index in [1.165, 1.54) is 23.6 Å². The number of benzene rings is 1. The Bertz CT molecular complexity index is 641. The van der Waals surface area contributed by atoms with Gasteiger partial charge in [0.1, 0.15) is 4.90 Å². The molecule has 0 atom stereocenters. The van der Waals surface area contributed by atoms with Crippen LogP contribution in [0.4, 0.5) is 5.13 Å². The third-order valence-corrected chi connectivity index (χ3v) is 5.26. The number of thiazole rings is 1. The number of nitrogens with one attached hydrogen (secondary N) is 1. The SMILES string of the molecule is O=S(=O)(Nc1nccs1)c1ccc(CO)cc1Br. The molecule has 0 bridgehead atoms. The minimum atomic E-state index is -3.67. The Morgan fingerprint density at radius 1 is 1.44 bits per heavy atom. The van der Waals surface area contributed by atoms with Gasteiger partial charge in [0.15, 0.2) is 5.13 Å². The molecule has 2 rings (SSSR count). The molecule has 0 amide bonds. The quantitative estimate of drug-likeness (QED) is 0.887. The van der Waals surface area contributed by atoms with E-state index in [1.54, 1.807) is 17.5 Å². The maximum atomic E-state index is 12.1. The lowest BCUT2D eigenvalue weighted by Gasteiger charge is -2.08. The lowest BCUT2D eigenvalue weighted by molar-refractivity contribution is 0.281. The minimum absolute atomic E-state index is 0.106. The highest BCUT2D eigenvalue weighted by molar-refractivity contribution is 9.10. The molecule has 0 saturated heterocycles. The van der Waals surface area contributed by atoms with E-state index in [-0.39, 0.29) is 11.5 Å². The standard InChI is InChI=1S/C10H9BrN2O3S2/c11-8-5-7(6-14)1-2-9(8)18(15,16)13-10-12-3-4-17-10/h1-5,14H,6H2,(H,12,13). The van der Waals surface area contributed by atoms with Crippen LogP contribution in [0.1, 0.15) is 5.56 Å². The fourth-order valence-electron chi connectivity index (χ4n) is 1.30. The molecule has 2 N–H and O–H groups in total. The van der Waals surface area contributed by atoms with Crippen LogP contribution in [0.2, 0.25) is 0 Å². The zero-order valence-electron chi connectivity index (χ0n) is 9.00. The van der Waals surface area contributed by atoms with Crippen LogP contribution in [-0.2, 0) is 16.6 Å². The van der Waals surface area contributed by atoms with Gasteiger partial charge in [-0.25, -0.2) is 13.4 Å². The summed E-state index contributed by atoms with van der Waals surface area (Å²) >= 11 is 4.38. The predicted molar refractivity (Wildman–Crippen MR) is 73.0 cm³/mol.